The lowest BCUT2D eigenvalue weighted by atomic mass is 10.1. The molecule has 2 heterocycles. The van der Waals surface area contributed by atoms with Gasteiger partial charge in [0.2, 0.25) is 23.6 Å². The number of halogens is 1. The molecule has 0 atom stereocenters. The van der Waals surface area contributed by atoms with Gasteiger partial charge in [-0.15, -0.1) is 11.3 Å². The molecule has 0 unspecified atom stereocenters. The Hall–Kier alpha value is -5.15. The van der Waals surface area contributed by atoms with E-state index in [1.54, 1.807) is 19.2 Å². The number of amides is 6. The maximum Gasteiger partial charge on any atom is 0.261 e. The molecule has 14 nitrogen and oxygen atoms in total. The Labute approximate surface area is 312 Å². The van der Waals surface area contributed by atoms with Crippen molar-refractivity contribution in [2.75, 3.05) is 37.3 Å². The Balaban J connectivity index is 0.000000674. The Morgan fingerprint density at radius 1 is 0.808 bits per heavy atom. The van der Waals surface area contributed by atoms with E-state index >= 15 is 0 Å². The molecular weight excluding hydrogens is 710 g/mol. The summed E-state index contributed by atoms with van der Waals surface area (Å²) in [6.07, 6.45) is 4.82. The molecular formula is C36H46ClN7O7S. The number of nitrogens with zero attached hydrogens (tertiary/aromatic N) is 1. The highest BCUT2D eigenvalue weighted by Crippen LogP contribution is 2.30. The third kappa shape index (κ3) is 15.0. The summed E-state index contributed by atoms with van der Waals surface area (Å²) in [6, 6.07) is 12.0. The van der Waals surface area contributed by atoms with Crippen LogP contribution < -0.4 is 31.9 Å². The van der Waals surface area contributed by atoms with Gasteiger partial charge < -0.3 is 31.4 Å². The lowest BCUT2D eigenvalue weighted by molar-refractivity contribution is -0.124. The SMILES string of the molecule is CC.CNC(=O)CCCCC=O.O=C(CCC(=O)Nc1cccc2c1C(=O)NC2=O)NCCCCNC(=O)CNc1nc(-c2ccccc2Cl)cs1. The maximum atomic E-state index is 12.2. The van der Waals surface area contributed by atoms with E-state index in [1.165, 1.54) is 23.5 Å². The Morgan fingerprint density at radius 2 is 1.48 bits per heavy atom. The predicted octanol–water partition coefficient (Wildman–Crippen LogP) is 4.71. The third-order valence-electron chi connectivity index (χ3n) is 7.17. The van der Waals surface area contributed by atoms with Crippen LogP contribution >= 0.6 is 22.9 Å². The van der Waals surface area contributed by atoms with Gasteiger partial charge in [-0.1, -0.05) is 49.7 Å². The van der Waals surface area contributed by atoms with Gasteiger partial charge in [-0.25, -0.2) is 4.98 Å². The lowest BCUT2D eigenvalue weighted by Gasteiger charge is -2.09. The number of unbranched alkanes of at least 4 members (excludes halogenated alkanes) is 3. The molecule has 3 aromatic rings. The van der Waals surface area contributed by atoms with Crippen LogP contribution in [-0.2, 0) is 24.0 Å². The van der Waals surface area contributed by atoms with Crippen molar-refractivity contribution in [1.82, 2.24) is 26.3 Å². The number of nitrogens with one attached hydrogen (secondary N) is 6. The number of aldehydes is 1. The molecule has 1 aliphatic rings. The molecule has 52 heavy (non-hydrogen) atoms. The smallest absolute Gasteiger partial charge is 0.261 e. The summed E-state index contributed by atoms with van der Waals surface area (Å²) in [6.45, 7) is 4.95. The summed E-state index contributed by atoms with van der Waals surface area (Å²) in [5.74, 6) is -1.92. The molecule has 280 valence electrons. The third-order valence-corrected chi connectivity index (χ3v) is 8.30. The number of anilines is 2. The van der Waals surface area contributed by atoms with Crippen molar-refractivity contribution in [2.24, 2.45) is 0 Å². The number of rotatable bonds is 18. The van der Waals surface area contributed by atoms with E-state index in [0.717, 1.165) is 30.4 Å². The fourth-order valence-electron chi connectivity index (χ4n) is 4.56. The fourth-order valence-corrected chi connectivity index (χ4v) is 5.50. The number of hydrogen-bond donors (Lipinski definition) is 6. The van der Waals surface area contributed by atoms with E-state index in [9.17, 15) is 33.6 Å². The summed E-state index contributed by atoms with van der Waals surface area (Å²) in [4.78, 5) is 84.9. The van der Waals surface area contributed by atoms with Crippen LogP contribution in [0.4, 0.5) is 10.8 Å². The molecule has 0 spiro atoms. The van der Waals surface area contributed by atoms with Gasteiger partial charge >= 0.3 is 0 Å². The number of aromatic nitrogens is 1. The van der Waals surface area contributed by atoms with Crippen LogP contribution in [0, 0.1) is 0 Å². The van der Waals surface area contributed by atoms with Crippen molar-refractivity contribution in [2.45, 2.75) is 65.2 Å². The number of carbonyl (C=O) groups is 7. The normalized spacial score (nSPS) is 11.0. The second-order valence-electron chi connectivity index (χ2n) is 10.9. The van der Waals surface area contributed by atoms with Gasteiger partial charge in [0.1, 0.15) is 6.29 Å². The molecule has 4 rings (SSSR count). The molecule has 0 bridgehead atoms. The highest BCUT2D eigenvalue weighted by Gasteiger charge is 2.29. The van der Waals surface area contributed by atoms with Crippen molar-refractivity contribution in [1.29, 1.82) is 0 Å². The van der Waals surface area contributed by atoms with Gasteiger partial charge in [-0.2, -0.15) is 0 Å². The number of benzene rings is 2. The predicted molar refractivity (Wildman–Crippen MR) is 202 cm³/mol. The van der Waals surface area contributed by atoms with E-state index in [1.807, 2.05) is 37.4 Å². The van der Waals surface area contributed by atoms with E-state index < -0.39 is 17.7 Å². The first kappa shape index (κ1) is 43.0. The number of imide groups is 1. The molecule has 0 radical (unpaired) electrons. The Kier molecular flexibility index (Phi) is 19.9. The van der Waals surface area contributed by atoms with Crippen molar-refractivity contribution in [3.05, 3.63) is 64.0 Å². The summed E-state index contributed by atoms with van der Waals surface area (Å²) in [5.41, 5.74) is 2.14. The van der Waals surface area contributed by atoms with Crippen LogP contribution in [-0.4, -0.2) is 73.4 Å². The van der Waals surface area contributed by atoms with E-state index in [-0.39, 0.29) is 53.9 Å². The zero-order chi connectivity index (χ0) is 38.3. The zero-order valence-corrected chi connectivity index (χ0v) is 31.1. The highest BCUT2D eigenvalue weighted by molar-refractivity contribution is 7.14. The monoisotopic (exact) mass is 755 g/mol. The first-order valence-electron chi connectivity index (χ1n) is 17.0. The molecule has 2 aromatic carbocycles. The van der Waals surface area contributed by atoms with Crippen LogP contribution in [0.25, 0.3) is 11.3 Å². The first-order chi connectivity index (χ1) is 25.1. The lowest BCUT2D eigenvalue weighted by Crippen LogP contribution is -2.31. The van der Waals surface area contributed by atoms with Crippen molar-refractivity contribution >= 4 is 75.5 Å². The molecule has 0 aliphatic carbocycles. The van der Waals surface area contributed by atoms with Crippen LogP contribution in [0.15, 0.2) is 47.8 Å². The van der Waals surface area contributed by atoms with Crippen LogP contribution in [0.2, 0.25) is 5.02 Å². The van der Waals surface area contributed by atoms with Crippen LogP contribution in [0.3, 0.4) is 0 Å². The van der Waals surface area contributed by atoms with E-state index in [4.69, 9.17) is 11.6 Å². The number of carbonyl (C=O) groups excluding carboxylic acids is 7. The molecule has 0 fully saturated rings. The summed E-state index contributed by atoms with van der Waals surface area (Å²) < 4.78 is 0. The van der Waals surface area contributed by atoms with E-state index in [2.05, 4.69) is 36.9 Å². The number of hydrogen-bond acceptors (Lipinski definition) is 10. The van der Waals surface area contributed by atoms with Crippen LogP contribution in [0.5, 0.6) is 0 Å². The van der Waals surface area contributed by atoms with Crippen molar-refractivity contribution < 1.29 is 33.6 Å². The van der Waals surface area contributed by atoms with Gasteiger partial charge in [0.25, 0.3) is 11.8 Å². The van der Waals surface area contributed by atoms with Crippen molar-refractivity contribution in [3.8, 4) is 11.3 Å². The fraction of sp³-hybridized carbons (Fsp3) is 0.389. The Bertz CT molecular complexity index is 1680. The molecule has 6 N–H and O–H groups in total. The number of fused-ring (bicyclic) bond motifs is 1. The first-order valence-corrected chi connectivity index (χ1v) is 18.3. The van der Waals surface area contributed by atoms with Gasteiger partial charge in [-0.3, -0.25) is 34.1 Å². The minimum atomic E-state index is -0.566. The minimum Gasteiger partial charge on any atom is -0.359 e. The van der Waals surface area contributed by atoms with Gasteiger partial charge in [0.05, 0.1) is 29.1 Å². The molecule has 0 saturated carbocycles. The van der Waals surface area contributed by atoms with Gasteiger partial charge in [0.15, 0.2) is 5.13 Å². The topological polar surface area (TPSA) is 205 Å². The standard InChI is InChI=1S/C27H27ClN6O5S.C7H13NO2.C2H6/c28-18-8-2-1-6-16(18)20-15-40-27(33-20)31-14-23(37)30-13-4-3-12-29-21(35)10-11-22(36)32-19-9-5-7-17-24(19)26(39)34-25(17)38;1-8-7(10)5-3-2-4-6-9;1-2/h1-2,5-9,15H,3-4,10-14H2,(H,29,35)(H,30,37)(H,31,33)(H,32,36)(H,34,38,39);6H,2-5H2,1H3,(H,8,10);1-2H3. The average molecular weight is 756 g/mol. The second kappa shape index (κ2) is 24.1. The summed E-state index contributed by atoms with van der Waals surface area (Å²) in [5, 5.41) is 19.0. The minimum absolute atomic E-state index is 0.0245. The quantitative estimate of drug-likeness (QED) is 0.0604. The maximum absolute atomic E-state index is 12.2. The zero-order valence-electron chi connectivity index (χ0n) is 29.6. The summed E-state index contributed by atoms with van der Waals surface area (Å²) in [7, 11) is 1.61. The average Bonchev–Trinajstić information content (AvgIpc) is 3.74. The molecule has 0 saturated heterocycles. The Morgan fingerprint density at radius 3 is 2.17 bits per heavy atom. The molecule has 1 aromatic heterocycles. The van der Waals surface area contributed by atoms with Gasteiger partial charge in [-0.05, 0) is 43.9 Å². The highest BCUT2D eigenvalue weighted by atomic mass is 35.5. The van der Waals surface area contributed by atoms with Crippen molar-refractivity contribution in [3.63, 3.8) is 0 Å². The van der Waals surface area contributed by atoms with Crippen LogP contribution in [0.1, 0.15) is 85.9 Å². The summed E-state index contributed by atoms with van der Waals surface area (Å²) >= 11 is 7.59. The molecule has 16 heteroatoms. The molecule has 1 aliphatic heterocycles. The largest absolute Gasteiger partial charge is 0.359 e. The van der Waals surface area contributed by atoms with Gasteiger partial charge in [0, 0.05) is 61.8 Å². The second-order valence-corrected chi connectivity index (χ2v) is 12.2. The number of thiazole rings is 1. The van der Waals surface area contributed by atoms with E-state index in [0.29, 0.717) is 48.9 Å². The molecule has 6 amide bonds.